The standard InChI is InChI=1S/C27H24N4O2/c1-4-18-8-7-9-19(16-18)28-26(32)24-23-21-10-5-6-11-22(21)30(3)25(23)27(33)31(29-24)20-14-12-17(2)13-15-20/h5-16H,4H2,1-3H3,(H,28,32). The van der Waals surface area contributed by atoms with Crippen LogP contribution in [0.1, 0.15) is 28.5 Å². The second-order valence-corrected chi connectivity index (χ2v) is 8.21. The molecule has 0 saturated carbocycles. The van der Waals surface area contributed by atoms with Gasteiger partial charge in [0.1, 0.15) is 5.52 Å². The first-order chi connectivity index (χ1) is 16.0. The number of benzene rings is 3. The Morgan fingerprint density at radius 3 is 2.52 bits per heavy atom. The summed E-state index contributed by atoms with van der Waals surface area (Å²) in [5.41, 5.74) is 4.77. The van der Waals surface area contributed by atoms with Gasteiger partial charge in [-0.2, -0.15) is 9.78 Å². The van der Waals surface area contributed by atoms with Gasteiger partial charge in [-0.3, -0.25) is 9.59 Å². The van der Waals surface area contributed by atoms with Crippen LogP contribution in [-0.2, 0) is 13.5 Å². The molecule has 0 aliphatic rings. The zero-order chi connectivity index (χ0) is 23.1. The van der Waals surface area contributed by atoms with Crippen LogP contribution in [0.15, 0.2) is 77.6 Å². The summed E-state index contributed by atoms with van der Waals surface area (Å²) < 4.78 is 3.16. The van der Waals surface area contributed by atoms with Crippen molar-refractivity contribution in [3.63, 3.8) is 0 Å². The molecule has 0 fully saturated rings. The molecule has 164 valence electrons. The topological polar surface area (TPSA) is 68.9 Å². The van der Waals surface area contributed by atoms with Gasteiger partial charge in [0.05, 0.1) is 5.69 Å². The van der Waals surface area contributed by atoms with Crippen molar-refractivity contribution in [2.24, 2.45) is 7.05 Å². The Morgan fingerprint density at radius 2 is 1.76 bits per heavy atom. The number of fused-ring (bicyclic) bond motifs is 3. The maximum Gasteiger partial charge on any atom is 0.296 e. The molecule has 0 saturated heterocycles. The third kappa shape index (κ3) is 3.49. The molecule has 0 atom stereocenters. The van der Waals surface area contributed by atoms with Gasteiger partial charge < -0.3 is 9.88 Å². The number of nitrogens with zero attached hydrogens (tertiary/aromatic N) is 3. The van der Waals surface area contributed by atoms with E-state index in [2.05, 4.69) is 17.3 Å². The minimum atomic E-state index is -0.356. The number of anilines is 1. The lowest BCUT2D eigenvalue weighted by molar-refractivity contribution is 0.102. The molecule has 6 nitrogen and oxygen atoms in total. The van der Waals surface area contributed by atoms with E-state index in [1.54, 1.807) is 0 Å². The number of hydrogen-bond donors (Lipinski definition) is 1. The van der Waals surface area contributed by atoms with E-state index in [1.165, 1.54) is 4.68 Å². The van der Waals surface area contributed by atoms with Gasteiger partial charge in [0.15, 0.2) is 5.69 Å². The highest BCUT2D eigenvalue weighted by Crippen LogP contribution is 2.29. The summed E-state index contributed by atoms with van der Waals surface area (Å²) in [6.07, 6.45) is 0.869. The minimum Gasteiger partial charge on any atom is -0.339 e. The SMILES string of the molecule is CCc1cccc(NC(=O)c2nn(-c3ccc(C)cc3)c(=O)c3c2c2ccccc2n3C)c1. The second-order valence-electron chi connectivity index (χ2n) is 8.21. The van der Waals surface area contributed by atoms with Crippen molar-refractivity contribution in [1.82, 2.24) is 14.3 Å². The van der Waals surface area contributed by atoms with Gasteiger partial charge in [-0.15, -0.1) is 0 Å². The van der Waals surface area contributed by atoms with Crippen LogP contribution in [0.2, 0.25) is 0 Å². The third-order valence-electron chi connectivity index (χ3n) is 6.03. The summed E-state index contributed by atoms with van der Waals surface area (Å²) in [5, 5.41) is 8.94. The molecule has 6 heteroatoms. The van der Waals surface area contributed by atoms with Crippen molar-refractivity contribution < 1.29 is 4.79 Å². The molecular weight excluding hydrogens is 412 g/mol. The maximum atomic E-state index is 13.6. The summed E-state index contributed by atoms with van der Waals surface area (Å²) in [6, 6.07) is 23.0. The molecule has 1 amide bonds. The fraction of sp³-hybridized carbons (Fsp3) is 0.148. The van der Waals surface area contributed by atoms with Gasteiger partial charge in [0, 0.05) is 29.0 Å². The molecule has 0 bridgehead atoms. The Balaban J connectivity index is 1.78. The number of aryl methyl sites for hydroxylation is 3. The quantitative estimate of drug-likeness (QED) is 0.431. The van der Waals surface area contributed by atoms with E-state index in [0.29, 0.717) is 22.3 Å². The van der Waals surface area contributed by atoms with E-state index in [0.717, 1.165) is 28.5 Å². The van der Waals surface area contributed by atoms with E-state index in [-0.39, 0.29) is 17.2 Å². The van der Waals surface area contributed by atoms with Gasteiger partial charge in [-0.05, 0) is 49.2 Å². The lowest BCUT2D eigenvalue weighted by Crippen LogP contribution is -2.27. The first-order valence-corrected chi connectivity index (χ1v) is 11.0. The number of nitrogens with one attached hydrogen (secondary N) is 1. The van der Waals surface area contributed by atoms with Gasteiger partial charge in [-0.25, -0.2) is 0 Å². The molecule has 0 spiro atoms. The summed E-state index contributed by atoms with van der Waals surface area (Å²) in [5.74, 6) is -0.356. The molecule has 2 heterocycles. The molecule has 0 aliphatic heterocycles. The van der Waals surface area contributed by atoms with Crippen LogP contribution in [0, 0.1) is 6.92 Å². The monoisotopic (exact) mass is 436 g/mol. The molecule has 3 aromatic carbocycles. The first-order valence-electron chi connectivity index (χ1n) is 11.0. The Hall–Kier alpha value is -4.19. The molecule has 5 aromatic rings. The number of aromatic nitrogens is 3. The Bertz CT molecular complexity index is 1580. The smallest absolute Gasteiger partial charge is 0.296 e. The zero-order valence-corrected chi connectivity index (χ0v) is 18.8. The molecule has 0 radical (unpaired) electrons. The van der Waals surface area contributed by atoms with Crippen LogP contribution < -0.4 is 10.9 Å². The first kappa shape index (κ1) is 20.7. The van der Waals surface area contributed by atoms with Crippen molar-refractivity contribution in [3.8, 4) is 5.69 Å². The van der Waals surface area contributed by atoms with Crippen molar-refractivity contribution in [3.05, 3.63) is 100.0 Å². The van der Waals surface area contributed by atoms with Crippen LogP contribution in [-0.4, -0.2) is 20.3 Å². The number of carbonyl (C=O) groups is 1. The van der Waals surface area contributed by atoms with Crippen LogP contribution in [0.25, 0.3) is 27.5 Å². The minimum absolute atomic E-state index is 0.212. The third-order valence-corrected chi connectivity index (χ3v) is 6.03. The summed E-state index contributed by atoms with van der Waals surface area (Å²) in [7, 11) is 1.85. The highest BCUT2D eigenvalue weighted by Gasteiger charge is 2.23. The average Bonchev–Trinajstić information content (AvgIpc) is 3.13. The zero-order valence-electron chi connectivity index (χ0n) is 18.8. The van der Waals surface area contributed by atoms with Crippen molar-refractivity contribution in [1.29, 1.82) is 0 Å². The van der Waals surface area contributed by atoms with Crippen LogP contribution >= 0.6 is 0 Å². The molecule has 2 aromatic heterocycles. The molecule has 5 rings (SSSR count). The number of para-hydroxylation sites is 1. The number of hydrogen-bond acceptors (Lipinski definition) is 3. The molecule has 1 N–H and O–H groups in total. The van der Waals surface area contributed by atoms with Crippen LogP contribution in [0.4, 0.5) is 5.69 Å². The average molecular weight is 437 g/mol. The van der Waals surface area contributed by atoms with Crippen LogP contribution in [0.5, 0.6) is 0 Å². The van der Waals surface area contributed by atoms with Gasteiger partial charge in [0.25, 0.3) is 11.5 Å². The summed E-state index contributed by atoms with van der Waals surface area (Å²) in [6.45, 7) is 4.05. The second kappa shape index (κ2) is 8.06. The number of carbonyl (C=O) groups excluding carboxylic acids is 1. The van der Waals surface area contributed by atoms with E-state index in [1.807, 2.05) is 91.3 Å². The summed E-state index contributed by atoms with van der Waals surface area (Å²) >= 11 is 0. The molecule has 33 heavy (non-hydrogen) atoms. The lowest BCUT2D eigenvalue weighted by atomic mass is 10.1. The molecule has 0 aliphatic carbocycles. The van der Waals surface area contributed by atoms with Gasteiger partial charge in [-0.1, -0.05) is 55.0 Å². The Labute approximate surface area is 191 Å². The van der Waals surface area contributed by atoms with Crippen molar-refractivity contribution in [2.75, 3.05) is 5.32 Å². The van der Waals surface area contributed by atoms with E-state index in [4.69, 9.17) is 0 Å². The number of rotatable bonds is 4. The largest absolute Gasteiger partial charge is 0.339 e. The highest BCUT2D eigenvalue weighted by atomic mass is 16.2. The molecular formula is C27H24N4O2. The van der Waals surface area contributed by atoms with Gasteiger partial charge in [0.2, 0.25) is 0 Å². The fourth-order valence-electron chi connectivity index (χ4n) is 4.26. The van der Waals surface area contributed by atoms with E-state index < -0.39 is 0 Å². The predicted octanol–water partition coefficient (Wildman–Crippen LogP) is 5.00. The number of amides is 1. The lowest BCUT2D eigenvalue weighted by Gasteiger charge is -2.11. The normalized spacial score (nSPS) is 11.2. The van der Waals surface area contributed by atoms with E-state index in [9.17, 15) is 9.59 Å². The van der Waals surface area contributed by atoms with E-state index >= 15 is 0 Å². The molecule has 0 unspecified atom stereocenters. The maximum absolute atomic E-state index is 13.6. The Morgan fingerprint density at radius 1 is 1.00 bits per heavy atom. The fourth-order valence-corrected chi connectivity index (χ4v) is 4.26. The van der Waals surface area contributed by atoms with Crippen molar-refractivity contribution in [2.45, 2.75) is 20.3 Å². The predicted molar refractivity (Wildman–Crippen MR) is 132 cm³/mol. The van der Waals surface area contributed by atoms with Gasteiger partial charge >= 0.3 is 0 Å². The Kier molecular flexibility index (Phi) is 5.05. The summed E-state index contributed by atoms with van der Waals surface area (Å²) in [4.78, 5) is 27.1. The highest BCUT2D eigenvalue weighted by molar-refractivity contribution is 6.19. The van der Waals surface area contributed by atoms with Crippen LogP contribution in [0.3, 0.4) is 0 Å². The van der Waals surface area contributed by atoms with Crippen molar-refractivity contribution >= 4 is 33.4 Å².